The summed E-state index contributed by atoms with van der Waals surface area (Å²) < 4.78 is 64.1. The van der Waals surface area contributed by atoms with Crippen LogP contribution in [0.15, 0.2) is 18.2 Å². The zero-order valence-corrected chi connectivity index (χ0v) is 14.7. The number of likely N-dealkylation sites (tertiary alicyclic amines) is 1. The van der Waals surface area contributed by atoms with Gasteiger partial charge in [0.15, 0.2) is 0 Å². The van der Waals surface area contributed by atoms with E-state index in [0.29, 0.717) is 5.56 Å². The van der Waals surface area contributed by atoms with Crippen molar-refractivity contribution >= 4 is 27.6 Å². The molecule has 7 nitrogen and oxygen atoms in total. The fourth-order valence-corrected chi connectivity index (χ4v) is 3.42. The molecule has 26 heavy (non-hydrogen) atoms. The van der Waals surface area contributed by atoms with E-state index in [1.165, 1.54) is 18.2 Å². The second kappa shape index (κ2) is 6.78. The number of rotatable bonds is 4. The van der Waals surface area contributed by atoms with Crippen LogP contribution in [0.3, 0.4) is 0 Å². The maximum absolute atomic E-state index is 13.0. The first-order valence-corrected chi connectivity index (χ1v) is 9.36. The average Bonchev–Trinajstić information content (AvgIpc) is 2.93. The average molecular weight is 394 g/mol. The van der Waals surface area contributed by atoms with Gasteiger partial charge in [0.1, 0.15) is 0 Å². The highest BCUT2D eigenvalue weighted by molar-refractivity contribution is 7.92. The van der Waals surface area contributed by atoms with Crippen LogP contribution in [0.25, 0.3) is 0 Å². The van der Waals surface area contributed by atoms with Gasteiger partial charge in [-0.3, -0.25) is 14.3 Å². The van der Waals surface area contributed by atoms with Gasteiger partial charge < -0.3 is 10.0 Å². The number of amides is 1. The summed E-state index contributed by atoms with van der Waals surface area (Å²) >= 11 is 0. The first-order valence-electron chi connectivity index (χ1n) is 7.47. The molecule has 1 saturated heterocycles. The largest absolute Gasteiger partial charge is 0.481 e. The summed E-state index contributed by atoms with van der Waals surface area (Å²) in [7, 11) is -3.61. The van der Waals surface area contributed by atoms with Gasteiger partial charge in [0.2, 0.25) is 10.0 Å². The zero-order valence-electron chi connectivity index (χ0n) is 13.9. The highest BCUT2D eigenvalue weighted by Gasteiger charge is 2.53. The van der Waals surface area contributed by atoms with Crippen molar-refractivity contribution in [1.29, 1.82) is 0 Å². The fourth-order valence-electron chi connectivity index (χ4n) is 2.80. The van der Waals surface area contributed by atoms with E-state index in [4.69, 9.17) is 5.11 Å². The molecule has 1 fully saturated rings. The van der Waals surface area contributed by atoms with E-state index >= 15 is 0 Å². The molecule has 0 aliphatic carbocycles. The highest BCUT2D eigenvalue weighted by Crippen LogP contribution is 2.38. The van der Waals surface area contributed by atoms with Crippen molar-refractivity contribution in [3.8, 4) is 0 Å². The number of halogens is 3. The van der Waals surface area contributed by atoms with Gasteiger partial charge in [0, 0.05) is 18.7 Å². The molecular weight excluding hydrogens is 377 g/mol. The van der Waals surface area contributed by atoms with Gasteiger partial charge in [-0.15, -0.1) is 0 Å². The molecule has 0 radical (unpaired) electrons. The number of hydrogen-bond acceptors (Lipinski definition) is 4. The van der Waals surface area contributed by atoms with Crippen molar-refractivity contribution in [3.63, 3.8) is 0 Å². The second-order valence-electron chi connectivity index (χ2n) is 6.21. The van der Waals surface area contributed by atoms with Crippen LogP contribution in [0.5, 0.6) is 0 Å². The van der Waals surface area contributed by atoms with E-state index in [9.17, 15) is 31.2 Å². The van der Waals surface area contributed by atoms with Crippen LogP contribution >= 0.6 is 0 Å². The Hall–Kier alpha value is -2.30. The Bertz CT molecular complexity index is 838. The third kappa shape index (κ3) is 4.45. The molecule has 0 bridgehead atoms. The molecule has 0 unspecified atom stereocenters. The summed E-state index contributed by atoms with van der Waals surface area (Å²) in [5, 5.41) is 9.01. The minimum absolute atomic E-state index is 0.0336. The number of carbonyl (C=O) groups excluding carboxylic acids is 1. The molecule has 144 valence electrons. The number of carboxylic acids is 1. The van der Waals surface area contributed by atoms with Gasteiger partial charge in [-0.2, -0.15) is 13.2 Å². The van der Waals surface area contributed by atoms with E-state index < -0.39 is 53.0 Å². The second-order valence-corrected chi connectivity index (χ2v) is 7.96. The van der Waals surface area contributed by atoms with E-state index in [0.717, 1.165) is 11.2 Å². The van der Waals surface area contributed by atoms with Crippen molar-refractivity contribution in [2.45, 2.75) is 13.1 Å². The van der Waals surface area contributed by atoms with Crippen LogP contribution < -0.4 is 4.72 Å². The summed E-state index contributed by atoms with van der Waals surface area (Å²) in [6.45, 7) is 0.265. The standard InChI is InChI=1S/C15H17F3N2O5S/c1-8-3-4-9(5-12(8)19-26(2,24)25)13(21)20-6-10(14(22)23)11(7-20)15(16,17)18/h3-5,10-11,19H,6-7H2,1-2H3,(H,22,23)/t10-,11-/m1/s1. The van der Waals surface area contributed by atoms with Crippen molar-refractivity contribution in [2.75, 3.05) is 24.1 Å². The van der Waals surface area contributed by atoms with Crippen LogP contribution in [0, 0.1) is 18.8 Å². The van der Waals surface area contributed by atoms with E-state index in [1.807, 2.05) is 0 Å². The highest BCUT2D eigenvalue weighted by atomic mass is 32.2. The number of carbonyl (C=O) groups is 2. The van der Waals surface area contributed by atoms with Gasteiger partial charge in [-0.1, -0.05) is 6.07 Å². The fraction of sp³-hybridized carbons (Fsp3) is 0.467. The minimum Gasteiger partial charge on any atom is -0.481 e. The molecule has 1 aliphatic heterocycles. The van der Waals surface area contributed by atoms with E-state index in [-0.39, 0.29) is 11.3 Å². The molecular formula is C15H17F3N2O5S. The molecule has 2 N–H and O–H groups in total. The predicted molar refractivity (Wildman–Crippen MR) is 86.2 cm³/mol. The monoisotopic (exact) mass is 394 g/mol. The summed E-state index contributed by atoms with van der Waals surface area (Å²) in [5.74, 6) is -6.30. The predicted octanol–water partition coefficient (Wildman–Crippen LogP) is 1.70. The van der Waals surface area contributed by atoms with Crippen molar-refractivity contribution in [1.82, 2.24) is 4.90 Å². The van der Waals surface area contributed by atoms with Crippen LogP contribution in [-0.2, 0) is 14.8 Å². The van der Waals surface area contributed by atoms with Crippen LogP contribution in [-0.4, -0.2) is 55.8 Å². The number of benzene rings is 1. The molecule has 1 aromatic rings. The Morgan fingerprint density at radius 3 is 2.35 bits per heavy atom. The Balaban J connectivity index is 2.29. The molecule has 1 aromatic carbocycles. The lowest BCUT2D eigenvalue weighted by Crippen LogP contribution is -2.34. The van der Waals surface area contributed by atoms with Gasteiger partial charge in [-0.05, 0) is 24.6 Å². The quantitative estimate of drug-likeness (QED) is 0.809. The van der Waals surface area contributed by atoms with Crippen molar-refractivity contribution in [2.24, 2.45) is 11.8 Å². The molecule has 0 spiro atoms. The topological polar surface area (TPSA) is 104 Å². The molecule has 1 aliphatic rings. The number of aliphatic carboxylic acids is 1. The van der Waals surface area contributed by atoms with Gasteiger partial charge in [0.25, 0.3) is 5.91 Å². The third-order valence-electron chi connectivity index (χ3n) is 4.12. The van der Waals surface area contributed by atoms with Crippen molar-refractivity contribution in [3.05, 3.63) is 29.3 Å². The Morgan fingerprint density at radius 2 is 1.88 bits per heavy atom. The number of alkyl halides is 3. The number of nitrogens with zero attached hydrogens (tertiary/aromatic N) is 1. The maximum Gasteiger partial charge on any atom is 0.394 e. The lowest BCUT2D eigenvalue weighted by atomic mass is 9.96. The number of nitrogens with one attached hydrogen (secondary N) is 1. The Kier molecular flexibility index (Phi) is 5.22. The Labute approximate surface area is 147 Å². The van der Waals surface area contributed by atoms with Crippen molar-refractivity contribution < 1.29 is 36.3 Å². The molecule has 2 rings (SSSR count). The number of anilines is 1. The molecule has 1 amide bonds. The lowest BCUT2D eigenvalue weighted by Gasteiger charge is -2.19. The van der Waals surface area contributed by atoms with Crippen LogP contribution in [0.4, 0.5) is 18.9 Å². The first kappa shape index (κ1) is 20.0. The molecule has 0 aromatic heterocycles. The third-order valence-corrected chi connectivity index (χ3v) is 4.72. The normalized spacial score (nSPS) is 20.9. The van der Waals surface area contributed by atoms with Gasteiger partial charge in [0.05, 0.1) is 23.8 Å². The maximum atomic E-state index is 13.0. The number of aryl methyl sites for hydroxylation is 1. The molecule has 2 atom stereocenters. The SMILES string of the molecule is Cc1ccc(C(=O)N2C[C@@H](C(F)(F)F)[C@H](C(=O)O)C2)cc1NS(C)(=O)=O. The van der Waals surface area contributed by atoms with Crippen LogP contribution in [0.2, 0.25) is 0 Å². The molecule has 0 saturated carbocycles. The summed E-state index contributed by atoms with van der Waals surface area (Å²) in [5.41, 5.74) is 0.610. The minimum atomic E-state index is -4.74. The van der Waals surface area contributed by atoms with Crippen LogP contribution in [0.1, 0.15) is 15.9 Å². The summed E-state index contributed by atoms with van der Waals surface area (Å²) in [4.78, 5) is 24.4. The number of sulfonamides is 1. The zero-order chi connectivity index (χ0) is 19.9. The van der Waals surface area contributed by atoms with E-state index in [1.54, 1.807) is 6.92 Å². The molecule has 11 heteroatoms. The van der Waals surface area contributed by atoms with Gasteiger partial charge >= 0.3 is 12.1 Å². The summed E-state index contributed by atoms with van der Waals surface area (Å²) in [6.07, 6.45) is -3.82. The molecule has 1 heterocycles. The van der Waals surface area contributed by atoms with E-state index in [2.05, 4.69) is 4.72 Å². The number of hydrogen-bond donors (Lipinski definition) is 2. The lowest BCUT2D eigenvalue weighted by molar-refractivity contribution is -0.187. The summed E-state index contributed by atoms with van der Waals surface area (Å²) in [6, 6.07) is 4.02. The Morgan fingerprint density at radius 1 is 1.27 bits per heavy atom. The van der Waals surface area contributed by atoms with Gasteiger partial charge in [-0.25, -0.2) is 8.42 Å². The first-order chi connectivity index (χ1) is 11.8. The smallest absolute Gasteiger partial charge is 0.394 e. The number of carboxylic acid groups (broad SMARTS) is 1.